The molecule has 5 heteroatoms. The molecule has 0 saturated carbocycles. The molecule has 104 valence electrons. The topological polar surface area (TPSA) is 47.4 Å². The average molecular weight is 287 g/mol. The minimum Gasteiger partial charge on any atom is -0.295 e. The first-order valence-corrected chi connectivity index (χ1v) is 8.04. The first kappa shape index (κ1) is 12.3. The molecule has 3 aliphatic heterocycles. The molecule has 1 amide bonds. The Kier molecular flexibility index (Phi) is 2.46. The van der Waals surface area contributed by atoms with Gasteiger partial charge in [-0.15, -0.1) is 11.8 Å². The number of amides is 1. The van der Waals surface area contributed by atoms with Crippen molar-refractivity contribution in [2.45, 2.75) is 24.8 Å². The summed E-state index contributed by atoms with van der Waals surface area (Å²) in [4.78, 5) is 17.6. The zero-order valence-corrected chi connectivity index (χ0v) is 12.2. The quantitative estimate of drug-likeness (QED) is 0.805. The van der Waals surface area contributed by atoms with Gasteiger partial charge in [0.25, 0.3) is 5.91 Å². The normalized spacial score (nSPS) is 35.4. The van der Waals surface area contributed by atoms with Crippen molar-refractivity contribution in [3.8, 4) is 0 Å². The molecule has 2 unspecified atom stereocenters. The second-order valence-electron chi connectivity index (χ2n) is 5.67. The lowest BCUT2D eigenvalue weighted by Crippen LogP contribution is -2.63. The van der Waals surface area contributed by atoms with Gasteiger partial charge in [0.05, 0.1) is 0 Å². The van der Waals surface area contributed by atoms with Crippen molar-refractivity contribution in [2.24, 2.45) is 5.92 Å². The maximum Gasteiger partial charge on any atom is 0.261 e. The van der Waals surface area contributed by atoms with Crippen LogP contribution in [0.4, 0.5) is 0 Å². The Morgan fingerprint density at radius 2 is 2.30 bits per heavy atom. The van der Waals surface area contributed by atoms with Crippen molar-refractivity contribution in [1.29, 1.82) is 5.41 Å². The zero-order valence-electron chi connectivity index (χ0n) is 11.4. The standard InChI is InChI=1S/C15H17N3OS/c1-17-13(19)15(10-6-3-2-4-7-10)12-11(8-5-9-20-12)18(15)14(17)16/h2-4,6,10,16H,5,7-9H2,1H3. The van der Waals surface area contributed by atoms with Gasteiger partial charge in [-0.2, -0.15) is 0 Å². The summed E-state index contributed by atoms with van der Waals surface area (Å²) in [5.74, 6) is 1.65. The fourth-order valence-electron chi connectivity index (χ4n) is 3.79. The number of carbonyl (C=O) groups excluding carboxylic acids is 1. The summed E-state index contributed by atoms with van der Waals surface area (Å²) in [6.07, 6.45) is 11.3. The van der Waals surface area contributed by atoms with Gasteiger partial charge in [0.1, 0.15) is 0 Å². The Balaban J connectivity index is 1.87. The van der Waals surface area contributed by atoms with Gasteiger partial charge < -0.3 is 0 Å². The number of guanidine groups is 1. The first-order chi connectivity index (χ1) is 9.69. The number of nitrogens with zero attached hydrogens (tertiary/aromatic N) is 2. The van der Waals surface area contributed by atoms with E-state index >= 15 is 0 Å². The molecular weight excluding hydrogens is 270 g/mol. The third kappa shape index (κ3) is 1.20. The Labute approximate surface area is 122 Å². The maximum atomic E-state index is 12.9. The van der Waals surface area contributed by atoms with Crippen LogP contribution >= 0.6 is 11.8 Å². The molecule has 20 heavy (non-hydrogen) atoms. The Hall–Kier alpha value is -1.49. The number of nitrogens with one attached hydrogen (secondary N) is 1. The summed E-state index contributed by atoms with van der Waals surface area (Å²) >= 11 is 1.83. The van der Waals surface area contributed by atoms with Crippen LogP contribution < -0.4 is 0 Å². The molecule has 0 bridgehead atoms. The highest BCUT2D eigenvalue weighted by Gasteiger charge is 2.68. The van der Waals surface area contributed by atoms with Gasteiger partial charge in [-0.3, -0.25) is 20.0 Å². The summed E-state index contributed by atoms with van der Waals surface area (Å²) in [5, 5.41) is 8.29. The van der Waals surface area contributed by atoms with E-state index in [1.165, 1.54) is 15.5 Å². The molecule has 0 spiro atoms. The second kappa shape index (κ2) is 4.01. The van der Waals surface area contributed by atoms with Crippen molar-refractivity contribution in [1.82, 2.24) is 9.80 Å². The predicted molar refractivity (Wildman–Crippen MR) is 80.2 cm³/mol. The lowest BCUT2D eigenvalue weighted by Gasteiger charge is -2.53. The van der Waals surface area contributed by atoms with Crippen LogP contribution in [0.1, 0.15) is 19.3 Å². The van der Waals surface area contributed by atoms with Crippen LogP contribution in [0.25, 0.3) is 0 Å². The number of hydrogen-bond donors (Lipinski definition) is 1. The van der Waals surface area contributed by atoms with Crippen molar-refractivity contribution in [3.05, 3.63) is 34.9 Å². The molecule has 3 heterocycles. The SMILES string of the molecule is CN1C(=N)N2C3=C(SCCC3)C2(C2C=CC=CC2)C1=O. The van der Waals surface area contributed by atoms with Crippen LogP contribution in [0.3, 0.4) is 0 Å². The fourth-order valence-corrected chi connectivity index (χ4v) is 5.19. The summed E-state index contributed by atoms with van der Waals surface area (Å²) in [6.45, 7) is 0. The maximum absolute atomic E-state index is 12.9. The molecule has 4 aliphatic rings. The number of hydrogen-bond acceptors (Lipinski definition) is 3. The van der Waals surface area contributed by atoms with E-state index in [2.05, 4.69) is 12.2 Å². The van der Waals surface area contributed by atoms with Gasteiger partial charge in [-0.1, -0.05) is 24.3 Å². The van der Waals surface area contributed by atoms with E-state index in [-0.39, 0.29) is 11.8 Å². The molecule has 0 aromatic carbocycles. The number of rotatable bonds is 1. The largest absolute Gasteiger partial charge is 0.295 e. The molecule has 1 aliphatic carbocycles. The van der Waals surface area contributed by atoms with Crippen LogP contribution in [0.5, 0.6) is 0 Å². The highest BCUT2D eigenvalue weighted by Crippen LogP contribution is 2.59. The second-order valence-corrected chi connectivity index (χ2v) is 6.78. The summed E-state index contributed by atoms with van der Waals surface area (Å²) in [6, 6.07) is 0. The fraction of sp³-hybridized carbons (Fsp3) is 0.467. The lowest BCUT2D eigenvalue weighted by atomic mass is 9.72. The number of thioether (sulfide) groups is 1. The van der Waals surface area contributed by atoms with E-state index in [4.69, 9.17) is 5.41 Å². The minimum atomic E-state index is -0.604. The highest BCUT2D eigenvalue weighted by molar-refractivity contribution is 8.03. The van der Waals surface area contributed by atoms with Gasteiger partial charge in [-0.05, 0) is 25.0 Å². The van der Waals surface area contributed by atoms with Crippen LogP contribution in [0.15, 0.2) is 34.9 Å². The van der Waals surface area contributed by atoms with Gasteiger partial charge in [-0.25, -0.2) is 0 Å². The Bertz CT molecular complexity index is 606. The molecule has 1 fully saturated rings. The Morgan fingerprint density at radius 1 is 1.45 bits per heavy atom. The monoisotopic (exact) mass is 287 g/mol. The molecule has 0 aromatic heterocycles. The van der Waals surface area contributed by atoms with Gasteiger partial charge in [0.15, 0.2) is 5.54 Å². The van der Waals surface area contributed by atoms with E-state index in [1.54, 1.807) is 7.05 Å². The molecule has 4 rings (SSSR count). The molecule has 1 saturated heterocycles. The molecular formula is C15H17N3OS. The van der Waals surface area contributed by atoms with E-state index in [0.717, 1.165) is 25.0 Å². The third-order valence-corrected chi connectivity index (χ3v) is 6.04. The first-order valence-electron chi connectivity index (χ1n) is 7.05. The van der Waals surface area contributed by atoms with Gasteiger partial charge in [0.2, 0.25) is 5.96 Å². The smallest absolute Gasteiger partial charge is 0.261 e. The van der Waals surface area contributed by atoms with Crippen LogP contribution in [0.2, 0.25) is 0 Å². The Morgan fingerprint density at radius 3 is 3.05 bits per heavy atom. The molecule has 0 aromatic rings. The van der Waals surface area contributed by atoms with E-state index in [1.807, 2.05) is 28.8 Å². The summed E-state index contributed by atoms with van der Waals surface area (Å²) in [7, 11) is 1.73. The van der Waals surface area contributed by atoms with Crippen molar-refractivity contribution < 1.29 is 4.79 Å². The molecule has 0 radical (unpaired) electrons. The van der Waals surface area contributed by atoms with Crippen molar-refractivity contribution in [2.75, 3.05) is 12.8 Å². The lowest BCUT2D eigenvalue weighted by molar-refractivity contribution is -0.132. The number of likely N-dealkylation sites (N-methyl/N-ethyl adjacent to an activating group) is 1. The summed E-state index contributed by atoms with van der Waals surface area (Å²) < 4.78 is 0. The van der Waals surface area contributed by atoms with Crippen LogP contribution in [-0.2, 0) is 4.79 Å². The van der Waals surface area contributed by atoms with E-state index in [0.29, 0.717) is 5.96 Å². The predicted octanol–water partition coefficient (Wildman–Crippen LogP) is 2.32. The molecule has 4 nitrogen and oxygen atoms in total. The van der Waals surface area contributed by atoms with E-state index < -0.39 is 5.54 Å². The van der Waals surface area contributed by atoms with Crippen molar-refractivity contribution in [3.63, 3.8) is 0 Å². The number of allylic oxidation sites excluding steroid dienone is 4. The molecule has 2 atom stereocenters. The summed E-state index contributed by atoms with van der Waals surface area (Å²) in [5.41, 5.74) is 0.611. The van der Waals surface area contributed by atoms with Crippen LogP contribution in [0, 0.1) is 11.3 Å². The minimum absolute atomic E-state index is 0.0700. The molecule has 1 N–H and O–H groups in total. The third-order valence-electron chi connectivity index (χ3n) is 4.71. The van der Waals surface area contributed by atoms with Crippen LogP contribution in [-0.4, -0.2) is 40.0 Å². The van der Waals surface area contributed by atoms with Gasteiger partial charge >= 0.3 is 0 Å². The zero-order chi connectivity index (χ0) is 13.9. The number of fused-ring (bicyclic) bond motifs is 3. The van der Waals surface area contributed by atoms with Gasteiger partial charge in [0, 0.05) is 23.6 Å². The van der Waals surface area contributed by atoms with E-state index in [9.17, 15) is 4.79 Å². The van der Waals surface area contributed by atoms with Crippen molar-refractivity contribution >= 4 is 23.6 Å². The number of carbonyl (C=O) groups is 1. The highest BCUT2D eigenvalue weighted by atomic mass is 32.2. The average Bonchev–Trinajstić information content (AvgIpc) is 2.64.